The molecule has 0 saturated heterocycles. The summed E-state index contributed by atoms with van der Waals surface area (Å²) in [5, 5.41) is 15.3. The predicted molar refractivity (Wildman–Crippen MR) is 120 cm³/mol. The third-order valence-corrected chi connectivity index (χ3v) is 4.92. The lowest BCUT2D eigenvalue weighted by molar-refractivity contribution is 0.0505. The SMILES string of the molecule is CCCOC(=O)c1cccc(NC(c2ccccn2)c2ccc3cccnc3c2O)c1. The number of pyridine rings is 2. The Kier molecular flexibility index (Phi) is 6.08. The number of ether oxygens (including phenoxy) is 1. The van der Waals surface area contributed by atoms with Crippen molar-refractivity contribution in [2.24, 2.45) is 0 Å². The monoisotopic (exact) mass is 413 g/mol. The smallest absolute Gasteiger partial charge is 0.338 e. The quantitative estimate of drug-likeness (QED) is 0.410. The van der Waals surface area contributed by atoms with E-state index in [2.05, 4.69) is 15.3 Å². The molecule has 2 aromatic carbocycles. The number of carbonyl (C=O) groups is 1. The Morgan fingerprint density at radius 2 is 1.90 bits per heavy atom. The van der Waals surface area contributed by atoms with Crippen LogP contribution in [0.5, 0.6) is 5.75 Å². The summed E-state index contributed by atoms with van der Waals surface area (Å²) >= 11 is 0. The number of aromatic nitrogens is 2. The highest BCUT2D eigenvalue weighted by molar-refractivity contribution is 5.90. The molecular formula is C25H23N3O3. The fourth-order valence-corrected chi connectivity index (χ4v) is 3.42. The standard InChI is InChI=1S/C25H23N3O3/c1-2-15-31-25(30)18-7-5-9-19(16-18)28-23(21-10-3-4-13-26-21)20-12-11-17-8-6-14-27-22(17)24(20)29/h3-14,16,23,28-29H,2,15H2,1H3. The van der Waals surface area contributed by atoms with E-state index in [1.165, 1.54) is 0 Å². The molecule has 6 heteroatoms. The zero-order chi connectivity index (χ0) is 21.6. The average molecular weight is 413 g/mol. The molecule has 4 rings (SSSR count). The zero-order valence-electron chi connectivity index (χ0n) is 17.2. The second-order valence-corrected chi connectivity index (χ2v) is 7.13. The molecule has 0 aliphatic heterocycles. The Hall–Kier alpha value is -3.93. The minimum atomic E-state index is -0.450. The molecule has 2 aromatic heterocycles. The number of fused-ring (bicyclic) bond motifs is 1. The third kappa shape index (κ3) is 4.48. The summed E-state index contributed by atoms with van der Waals surface area (Å²) in [6, 6.07) is 19.8. The first-order valence-corrected chi connectivity index (χ1v) is 10.2. The first kappa shape index (κ1) is 20.3. The fourth-order valence-electron chi connectivity index (χ4n) is 3.42. The van der Waals surface area contributed by atoms with Gasteiger partial charge in [0, 0.05) is 29.0 Å². The Morgan fingerprint density at radius 1 is 1.03 bits per heavy atom. The van der Waals surface area contributed by atoms with Crippen molar-refractivity contribution in [1.82, 2.24) is 9.97 Å². The first-order chi connectivity index (χ1) is 15.2. The van der Waals surface area contributed by atoms with Crippen molar-refractivity contribution in [2.45, 2.75) is 19.4 Å². The molecule has 0 amide bonds. The van der Waals surface area contributed by atoms with E-state index in [0.717, 1.165) is 17.5 Å². The van der Waals surface area contributed by atoms with Crippen molar-refractivity contribution in [2.75, 3.05) is 11.9 Å². The highest BCUT2D eigenvalue weighted by Crippen LogP contribution is 2.35. The number of esters is 1. The Balaban J connectivity index is 1.73. The molecule has 0 fully saturated rings. The van der Waals surface area contributed by atoms with Crippen LogP contribution < -0.4 is 5.32 Å². The van der Waals surface area contributed by atoms with Crippen molar-refractivity contribution in [3.8, 4) is 5.75 Å². The summed E-state index contributed by atoms with van der Waals surface area (Å²) in [4.78, 5) is 21.1. The van der Waals surface area contributed by atoms with E-state index >= 15 is 0 Å². The minimum absolute atomic E-state index is 0.0970. The molecule has 4 aromatic rings. The molecular weight excluding hydrogens is 390 g/mol. The predicted octanol–water partition coefficient (Wildman–Crippen LogP) is 5.10. The molecule has 2 N–H and O–H groups in total. The molecule has 0 spiro atoms. The lowest BCUT2D eigenvalue weighted by Crippen LogP contribution is -2.15. The molecule has 0 aliphatic rings. The number of anilines is 1. The number of hydrogen-bond donors (Lipinski definition) is 2. The van der Waals surface area contributed by atoms with E-state index in [4.69, 9.17) is 4.74 Å². The maximum Gasteiger partial charge on any atom is 0.338 e. The lowest BCUT2D eigenvalue weighted by atomic mass is 9.99. The Morgan fingerprint density at radius 3 is 2.71 bits per heavy atom. The molecule has 0 saturated carbocycles. The van der Waals surface area contributed by atoms with Crippen LogP contribution in [-0.4, -0.2) is 27.7 Å². The fraction of sp³-hybridized carbons (Fsp3) is 0.160. The van der Waals surface area contributed by atoms with Gasteiger partial charge in [0.15, 0.2) is 0 Å². The average Bonchev–Trinajstić information content (AvgIpc) is 2.82. The van der Waals surface area contributed by atoms with Crippen LogP contribution in [0.2, 0.25) is 0 Å². The van der Waals surface area contributed by atoms with Gasteiger partial charge in [0.05, 0.1) is 23.9 Å². The second-order valence-electron chi connectivity index (χ2n) is 7.13. The summed E-state index contributed by atoms with van der Waals surface area (Å²) in [6.45, 7) is 2.33. The number of carbonyl (C=O) groups excluding carboxylic acids is 1. The molecule has 1 atom stereocenters. The van der Waals surface area contributed by atoms with Crippen molar-refractivity contribution in [3.05, 3.63) is 95.9 Å². The zero-order valence-corrected chi connectivity index (χ0v) is 17.2. The van der Waals surface area contributed by atoms with Crippen molar-refractivity contribution < 1.29 is 14.6 Å². The van der Waals surface area contributed by atoms with E-state index in [9.17, 15) is 9.90 Å². The number of aromatic hydroxyl groups is 1. The maximum atomic E-state index is 12.3. The van der Waals surface area contributed by atoms with Gasteiger partial charge in [-0.05, 0) is 42.8 Å². The molecule has 0 radical (unpaired) electrons. The Bertz CT molecular complexity index is 1190. The normalized spacial score (nSPS) is 11.8. The number of nitrogens with one attached hydrogen (secondary N) is 1. The van der Waals surface area contributed by atoms with Gasteiger partial charge in [-0.25, -0.2) is 4.79 Å². The van der Waals surface area contributed by atoms with Gasteiger partial charge in [-0.1, -0.05) is 37.3 Å². The molecule has 0 bridgehead atoms. The largest absolute Gasteiger partial charge is 0.505 e. The molecule has 1 unspecified atom stereocenters. The van der Waals surface area contributed by atoms with Gasteiger partial charge in [-0.15, -0.1) is 0 Å². The van der Waals surface area contributed by atoms with Gasteiger partial charge in [0.1, 0.15) is 11.3 Å². The van der Waals surface area contributed by atoms with Crippen LogP contribution in [-0.2, 0) is 4.74 Å². The highest BCUT2D eigenvalue weighted by Gasteiger charge is 2.21. The summed E-state index contributed by atoms with van der Waals surface area (Å²) in [6.07, 6.45) is 4.13. The lowest BCUT2D eigenvalue weighted by Gasteiger charge is -2.22. The molecule has 0 aliphatic carbocycles. The van der Waals surface area contributed by atoms with Crippen molar-refractivity contribution in [1.29, 1.82) is 0 Å². The number of rotatable bonds is 7. The summed E-state index contributed by atoms with van der Waals surface area (Å²) in [7, 11) is 0. The van der Waals surface area contributed by atoms with Crippen LogP contribution >= 0.6 is 0 Å². The molecule has 2 heterocycles. The van der Waals surface area contributed by atoms with Gasteiger partial charge in [-0.3, -0.25) is 9.97 Å². The van der Waals surface area contributed by atoms with E-state index < -0.39 is 6.04 Å². The van der Waals surface area contributed by atoms with Crippen LogP contribution in [0.4, 0.5) is 5.69 Å². The van der Waals surface area contributed by atoms with E-state index in [-0.39, 0.29) is 11.7 Å². The van der Waals surface area contributed by atoms with Crippen LogP contribution in [0.3, 0.4) is 0 Å². The number of phenolic OH excluding ortho intramolecular Hbond substituents is 1. The topological polar surface area (TPSA) is 84.3 Å². The van der Waals surface area contributed by atoms with Crippen LogP contribution in [0.15, 0.2) is 79.1 Å². The Labute approximate surface area is 180 Å². The number of nitrogens with zero attached hydrogens (tertiary/aromatic N) is 2. The van der Waals surface area contributed by atoms with Gasteiger partial charge < -0.3 is 15.2 Å². The van der Waals surface area contributed by atoms with E-state index in [1.54, 1.807) is 30.6 Å². The van der Waals surface area contributed by atoms with E-state index in [0.29, 0.717) is 28.9 Å². The van der Waals surface area contributed by atoms with Gasteiger partial charge >= 0.3 is 5.97 Å². The first-order valence-electron chi connectivity index (χ1n) is 10.2. The van der Waals surface area contributed by atoms with E-state index in [1.807, 2.05) is 55.5 Å². The van der Waals surface area contributed by atoms with Crippen LogP contribution in [0, 0.1) is 0 Å². The van der Waals surface area contributed by atoms with Crippen molar-refractivity contribution in [3.63, 3.8) is 0 Å². The number of hydrogen-bond acceptors (Lipinski definition) is 6. The molecule has 156 valence electrons. The maximum absolute atomic E-state index is 12.3. The number of phenols is 1. The summed E-state index contributed by atoms with van der Waals surface area (Å²) in [5.41, 5.74) is 3.07. The van der Waals surface area contributed by atoms with Gasteiger partial charge in [0.25, 0.3) is 0 Å². The van der Waals surface area contributed by atoms with Crippen LogP contribution in [0.25, 0.3) is 10.9 Å². The third-order valence-electron chi connectivity index (χ3n) is 4.92. The van der Waals surface area contributed by atoms with Crippen molar-refractivity contribution >= 4 is 22.6 Å². The molecule has 31 heavy (non-hydrogen) atoms. The minimum Gasteiger partial charge on any atom is -0.505 e. The van der Waals surface area contributed by atoms with Gasteiger partial charge in [-0.2, -0.15) is 0 Å². The second kappa shape index (κ2) is 9.26. The summed E-state index contributed by atoms with van der Waals surface area (Å²) < 4.78 is 5.25. The summed E-state index contributed by atoms with van der Waals surface area (Å²) in [5.74, 6) is -0.266. The van der Waals surface area contributed by atoms with Gasteiger partial charge in [0.2, 0.25) is 0 Å². The molecule has 6 nitrogen and oxygen atoms in total. The number of benzene rings is 2. The highest BCUT2D eigenvalue weighted by atomic mass is 16.5. The van der Waals surface area contributed by atoms with Crippen LogP contribution in [0.1, 0.15) is 41.0 Å².